The average Bonchev–Trinajstić information content (AvgIpc) is 2.54. The van der Waals surface area contributed by atoms with E-state index in [2.05, 4.69) is 36.5 Å². The zero-order valence-corrected chi connectivity index (χ0v) is 13.7. The zero-order chi connectivity index (χ0) is 16.1. The first-order chi connectivity index (χ1) is 11.2. The summed E-state index contributed by atoms with van der Waals surface area (Å²) in [6, 6.07) is 16.2. The molecule has 1 aromatic heterocycles. The van der Waals surface area contributed by atoms with Gasteiger partial charge < -0.3 is 10.6 Å². The molecule has 0 fully saturated rings. The Morgan fingerprint density at radius 2 is 1.78 bits per heavy atom. The maximum atomic E-state index is 13.6. The molecule has 4 nitrogen and oxygen atoms in total. The van der Waals surface area contributed by atoms with Crippen LogP contribution in [0, 0.1) is 5.82 Å². The molecular formula is C17H14BrFN4. The maximum absolute atomic E-state index is 13.6. The van der Waals surface area contributed by atoms with Crippen molar-refractivity contribution in [3.05, 3.63) is 76.8 Å². The van der Waals surface area contributed by atoms with Crippen LogP contribution in [0.2, 0.25) is 0 Å². The number of aromatic nitrogens is 2. The van der Waals surface area contributed by atoms with Crippen molar-refractivity contribution in [1.29, 1.82) is 0 Å². The van der Waals surface area contributed by atoms with Gasteiger partial charge in [0.05, 0.1) is 0 Å². The smallest absolute Gasteiger partial charge is 0.135 e. The van der Waals surface area contributed by atoms with Gasteiger partial charge in [0.25, 0.3) is 0 Å². The number of hydrogen-bond acceptors (Lipinski definition) is 4. The van der Waals surface area contributed by atoms with Crippen molar-refractivity contribution in [2.45, 2.75) is 6.54 Å². The van der Waals surface area contributed by atoms with Crippen LogP contribution in [0.1, 0.15) is 5.56 Å². The Kier molecular flexibility index (Phi) is 4.83. The Bertz CT molecular complexity index is 810. The number of nitrogens with one attached hydrogen (secondary N) is 2. The van der Waals surface area contributed by atoms with Gasteiger partial charge in [0, 0.05) is 28.3 Å². The van der Waals surface area contributed by atoms with Gasteiger partial charge in [0.1, 0.15) is 23.8 Å². The van der Waals surface area contributed by atoms with Crippen molar-refractivity contribution >= 4 is 33.3 Å². The van der Waals surface area contributed by atoms with E-state index in [1.54, 1.807) is 24.3 Å². The fourth-order valence-corrected chi connectivity index (χ4v) is 2.46. The topological polar surface area (TPSA) is 49.8 Å². The normalized spacial score (nSPS) is 10.3. The average molecular weight is 373 g/mol. The molecule has 6 heteroatoms. The van der Waals surface area contributed by atoms with Gasteiger partial charge in [-0.3, -0.25) is 0 Å². The van der Waals surface area contributed by atoms with E-state index in [-0.39, 0.29) is 5.82 Å². The summed E-state index contributed by atoms with van der Waals surface area (Å²) in [5.41, 5.74) is 1.51. The summed E-state index contributed by atoms with van der Waals surface area (Å²) >= 11 is 3.43. The van der Waals surface area contributed by atoms with Crippen LogP contribution >= 0.6 is 15.9 Å². The van der Waals surface area contributed by atoms with Crippen molar-refractivity contribution < 1.29 is 4.39 Å². The van der Waals surface area contributed by atoms with Crippen LogP contribution in [-0.2, 0) is 6.54 Å². The lowest BCUT2D eigenvalue weighted by Gasteiger charge is -2.09. The van der Waals surface area contributed by atoms with E-state index in [9.17, 15) is 4.39 Å². The second kappa shape index (κ2) is 7.19. The molecule has 23 heavy (non-hydrogen) atoms. The highest BCUT2D eigenvalue weighted by molar-refractivity contribution is 9.10. The summed E-state index contributed by atoms with van der Waals surface area (Å²) in [6.07, 6.45) is 1.46. The minimum absolute atomic E-state index is 0.235. The second-order valence-electron chi connectivity index (χ2n) is 4.87. The van der Waals surface area contributed by atoms with Gasteiger partial charge in [-0.05, 0) is 24.3 Å². The minimum Gasteiger partial charge on any atom is -0.366 e. The van der Waals surface area contributed by atoms with Crippen molar-refractivity contribution in [3.8, 4) is 0 Å². The Hall–Kier alpha value is -2.47. The van der Waals surface area contributed by atoms with Gasteiger partial charge in [0.15, 0.2) is 0 Å². The van der Waals surface area contributed by atoms with Crippen LogP contribution in [0.15, 0.2) is 65.4 Å². The van der Waals surface area contributed by atoms with E-state index in [1.807, 2.05) is 24.3 Å². The molecule has 0 radical (unpaired) electrons. The molecule has 0 atom stereocenters. The summed E-state index contributed by atoms with van der Waals surface area (Å²) in [5.74, 6) is 1.05. The summed E-state index contributed by atoms with van der Waals surface area (Å²) in [5, 5.41) is 6.30. The van der Waals surface area contributed by atoms with Gasteiger partial charge in [0.2, 0.25) is 0 Å². The number of rotatable bonds is 5. The predicted octanol–water partition coefficient (Wildman–Crippen LogP) is 4.73. The van der Waals surface area contributed by atoms with Gasteiger partial charge in [-0.15, -0.1) is 0 Å². The molecule has 0 saturated heterocycles. The molecule has 0 aliphatic rings. The number of benzene rings is 2. The van der Waals surface area contributed by atoms with Crippen molar-refractivity contribution in [2.24, 2.45) is 0 Å². The Labute approximate surface area is 141 Å². The van der Waals surface area contributed by atoms with Gasteiger partial charge in [-0.25, -0.2) is 14.4 Å². The molecule has 0 unspecified atom stereocenters. The fraction of sp³-hybridized carbons (Fsp3) is 0.0588. The van der Waals surface area contributed by atoms with E-state index < -0.39 is 0 Å². The van der Waals surface area contributed by atoms with Crippen LogP contribution in [0.5, 0.6) is 0 Å². The van der Waals surface area contributed by atoms with Crippen LogP contribution in [-0.4, -0.2) is 9.97 Å². The number of hydrogen-bond donors (Lipinski definition) is 2. The van der Waals surface area contributed by atoms with Crippen LogP contribution in [0.25, 0.3) is 0 Å². The lowest BCUT2D eigenvalue weighted by Crippen LogP contribution is -2.04. The van der Waals surface area contributed by atoms with E-state index in [1.165, 1.54) is 12.4 Å². The van der Waals surface area contributed by atoms with Gasteiger partial charge in [-0.2, -0.15) is 0 Å². The largest absolute Gasteiger partial charge is 0.366 e. The monoisotopic (exact) mass is 372 g/mol. The number of halogens is 2. The first-order valence-corrected chi connectivity index (χ1v) is 7.82. The molecule has 0 aliphatic heterocycles. The third-order valence-electron chi connectivity index (χ3n) is 3.18. The highest BCUT2D eigenvalue weighted by Gasteiger charge is 2.03. The Morgan fingerprint density at radius 3 is 2.61 bits per heavy atom. The van der Waals surface area contributed by atoms with E-state index in [0.29, 0.717) is 23.7 Å². The molecule has 0 saturated carbocycles. The van der Waals surface area contributed by atoms with Crippen molar-refractivity contribution in [3.63, 3.8) is 0 Å². The number of anilines is 3. The van der Waals surface area contributed by atoms with Gasteiger partial charge >= 0.3 is 0 Å². The molecule has 0 amide bonds. The quantitative estimate of drug-likeness (QED) is 0.679. The lowest BCUT2D eigenvalue weighted by atomic mass is 10.2. The van der Waals surface area contributed by atoms with Crippen LogP contribution < -0.4 is 10.6 Å². The maximum Gasteiger partial charge on any atom is 0.135 e. The lowest BCUT2D eigenvalue weighted by molar-refractivity contribution is 0.613. The first kappa shape index (κ1) is 15.4. The molecule has 0 aliphatic carbocycles. The number of nitrogens with zero attached hydrogens (tertiary/aromatic N) is 2. The third-order valence-corrected chi connectivity index (χ3v) is 3.68. The Morgan fingerprint density at radius 1 is 0.957 bits per heavy atom. The van der Waals surface area contributed by atoms with E-state index in [4.69, 9.17) is 0 Å². The molecule has 2 N–H and O–H groups in total. The summed E-state index contributed by atoms with van der Waals surface area (Å²) in [6.45, 7) is 0.361. The molecule has 1 heterocycles. The Balaban J connectivity index is 1.69. The summed E-state index contributed by atoms with van der Waals surface area (Å²) in [7, 11) is 0. The minimum atomic E-state index is -0.235. The molecule has 3 aromatic rings. The zero-order valence-electron chi connectivity index (χ0n) is 12.1. The third kappa shape index (κ3) is 4.26. The highest BCUT2D eigenvalue weighted by atomic mass is 79.9. The highest BCUT2D eigenvalue weighted by Crippen LogP contribution is 2.20. The molecule has 2 aromatic carbocycles. The molecular weight excluding hydrogens is 359 g/mol. The molecule has 0 bridgehead atoms. The second-order valence-corrected chi connectivity index (χ2v) is 5.78. The molecule has 0 spiro atoms. The first-order valence-electron chi connectivity index (χ1n) is 7.02. The van der Waals surface area contributed by atoms with Crippen molar-refractivity contribution in [1.82, 2.24) is 9.97 Å². The molecule has 3 rings (SSSR count). The predicted molar refractivity (Wildman–Crippen MR) is 93.2 cm³/mol. The van der Waals surface area contributed by atoms with Crippen LogP contribution in [0.3, 0.4) is 0 Å². The summed E-state index contributed by atoms with van der Waals surface area (Å²) in [4.78, 5) is 8.33. The van der Waals surface area contributed by atoms with Gasteiger partial charge in [-0.1, -0.05) is 40.2 Å². The SMILES string of the molecule is Fc1ccccc1CNc1cc(Nc2cccc(Br)c2)ncn1. The summed E-state index contributed by atoms with van der Waals surface area (Å²) < 4.78 is 14.6. The van der Waals surface area contributed by atoms with E-state index in [0.717, 1.165) is 10.2 Å². The van der Waals surface area contributed by atoms with Crippen LogP contribution in [0.4, 0.5) is 21.7 Å². The van der Waals surface area contributed by atoms with Crippen molar-refractivity contribution in [2.75, 3.05) is 10.6 Å². The standard InChI is InChI=1S/C17H14BrFN4/c18-13-5-3-6-14(8-13)23-17-9-16(21-11-22-17)20-10-12-4-1-2-7-15(12)19/h1-9,11H,10H2,(H2,20,21,22,23). The van der Waals surface area contributed by atoms with E-state index >= 15 is 0 Å². The molecule has 116 valence electrons. The fourth-order valence-electron chi connectivity index (χ4n) is 2.06.